The van der Waals surface area contributed by atoms with E-state index in [4.69, 9.17) is 11.6 Å². The fraction of sp³-hybridized carbons (Fsp3) is 0.615. The summed E-state index contributed by atoms with van der Waals surface area (Å²) in [6.07, 6.45) is 8.19. The average molecular weight is 343 g/mol. The van der Waals surface area contributed by atoms with Crippen LogP contribution in [0.1, 0.15) is 43.5 Å². The number of aromatic nitrogens is 3. The summed E-state index contributed by atoms with van der Waals surface area (Å²) in [5.41, 5.74) is -1.54. The first-order valence-corrected chi connectivity index (χ1v) is 8.48. The summed E-state index contributed by atoms with van der Waals surface area (Å²) in [5, 5.41) is 15.4. The van der Waals surface area contributed by atoms with Crippen molar-refractivity contribution in [2.24, 2.45) is 5.92 Å². The highest BCUT2D eigenvalue weighted by atomic mass is 35.5. The molecule has 2 aromatic heterocycles. The number of nitro groups is 1. The number of aryl methyl sites for hydroxylation is 1. The Balaban J connectivity index is 1.85. The van der Waals surface area contributed by atoms with Gasteiger partial charge in [-0.25, -0.2) is 0 Å². The summed E-state index contributed by atoms with van der Waals surface area (Å²) in [7, 11) is 0. The number of hydrogen-bond donors (Lipinski definition) is 0. The zero-order valence-electron chi connectivity index (χ0n) is 11.8. The molecule has 1 aliphatic rings. The lowest BCUT2D eigenvalue weighted by molar-refractivity contribution is -0.386. The third kappa shape index (κ3) is 2.98. The number of hydrogen-bond acceptors (Lipinski definition) is 6. The Labute approximate surface area is 135 Å². The van der Waals surface area contributed by atoms with Crippen molar-refractivity contribution in [2.45, 2.75) is 44.9 Å². The SMILES string of the molecule is O=c1c([N+](=O)[O-])c(Cl)nc2sc(CCC3CCCCC3)nn12. The normalized spacial score (nSPS) is 16.2. The number of fused-ring (bicyclic) bond motifs is 1. The van der Waals surface area contributed by atoms with Crippen LogP contribution in [-0.4, -0.2) is 19.5 Å². The van der Waals surface area contributed by atoms with Gasteiger partial charge in [-0.05, 0) is 12.3 Å². The van der Waals surface area contributed by atoms with Gasteiger partial charge in [-0.15, -0.1) is 0 Å². The smallest absolute Gasteiger partial charge is 0.259 e. The van der Waals surface area contributed by atoms with Crippen LogP contribution < -0.4 is 5.56 Å². The summed E-state index contributed by atoms with van der Waals surface area (Å²) in [4.78, 5) is 26.3. The molecule has 118 valence electrons. The van der Waals surface area contributed by atoms with E-state index >= 15 is 0 Å². The molecule has 1 fully saturated rings. The van der Waals surface area contributed by atoms with Gasteiger partial charge in [0.25, 0.3) is 0 Å². The molecule has 2 heterocycles. The van der Waals surface area contributed by atoms with Crippen LogP contribution in [0.3, 0.4) is 0 Å². The van der Waals surface area contributed by atoms with Crippen molar-refractivity contribution in [1.29, 1.82) is 0 Å². The minimum absolute atomic E-state index is 0.305. The minimum Gasteiger partial charge on any atom is -0.259 e. The highest BCUT2D eigenvalue weighted by molar-refractivity contribution is 7.16. The average Bonchev–Trinajstić information content (AvgIpc) is 2.89. The van der Waals surface area contributed by atoms with Crippen LogP contribution in [0.25, 0.3) is 4.96 Å². The molecule has 0 saturated heterocycles. The van der Waals surface area contributed by atoms with Gasteiger partial charge in [-0.2, -0.15) is 14.6 Å². The van der Waals surface area contributed by atoms with Gasteiger partial charge in [0.2, 0.25) is 10.1 Å². The van der Waals surface area contributed by atoms with Crippen molar-refractivity contribution in [3.05, 3.63) is 30.6 Å². The summed E-state index contributed by atoms with van der Waals surface area (Å²) in [6.45, 7) is 0. The fourth-order valence-corrected chi connectivity index (χ4v) is 4.09. The maximum Gasteiger partial charge on any atom is 0.372 e. The zero-order valence-corrected chi connectivity index (χ0v) is 13.4. The summed E-state index contributed by atoms with van der Waals surface area (Å²) in [5.74, 6) is 0.711. The third-order valence-corrected chi connectivity index (χ3v) is 5.29. The molecular formula is C13H15ClN4O3S. The van der Waals surface area contributed by atoms with E-state index in [9.17, 15) is 14.9 Å². The summed E-state index contributed by atoms with van der Waals surface area (Å²) >= 11 is 6.99. The Bertz CT molecular complexity index is 766. The second-order valence-electron chi connectivity index (χ2n) is 5.55. The molecule has 0 aliphatic heterocycles. The molecule has 0 aromatic carbocycles. The van der Waals surface area contributed by atoms with E-state index in [1.807, 2.05) is 0 Å². The molecular weight excluding hydrogens is 328 g/mol. The lowest BCUT2D eigenvalue weighted by Crippen LogP contribution is -2.19. The minimum atomic E-state index is -0.819. The van der Waals surface area contributed by atoms with E-state index < -0.39 is 16.2 Å². The molecule has 0 spiro atoms. The zero-order chi connectivity index (χ0) is 15.7. The Hall–Kier alpha value is -1.54. The number of nitrogens with zero attached hydrogens (tertiary/aromatic N) is 4. The Kier molecular flexibility index (Phi) is 4.39. The first kappa shape index (κ1) is 15.4. The van der Waals surface area contributed by atoms with Crippen LogP contribution >= 0.6 is 22.9 Å². The van der Waals surface area contributed by atoms with Crippen LogP contribution in [0.2, 0.25) is 5.15 Å². The van der Waals surface area contributed by atoms with Gasteiger partial charge in [0.1, 0.15) is 5.01 Å². The van der Waals surface area contributed by atoms with Gasteiger partial charge < -0.3 is 0 Å². The molecule has 1 saturated carbocycles. The fourth-order valence-electron chi connectivity index (χ4n) is 2.91. The quantitative estimate of drug-likeness (QED) is 0.483. The Morgan fingerprint density at radius 3 is 2.77 bits per heavy atom. The molecule has 2 aromatic rings. The van der Waals surface area contributed by atoms with Crippen molar-refractivity contribution >= 4 is 33.6 Å². The maximum absolute atomic E-state index is 12.1. The van der Waals surface area contributed by atoms with Gasteiger partial charge in [0, 0.05) is 6.42 Å². The van der Waals surface area contributed by atoms with E-state index in [1.54, 1.807) is 0 Å². The van der Waals surface area contributed by atoms with Crippen molar-refractivity contribution < 1.29 is 4.92 Å². The molecule has 9 heteroatoms. The molecule has 0 radical (unpaired) electrons. The van der Waals surface area contributed by atoms with Crippen LogP contribution in [0.4, 0.5) is 5.69 Å². The van der Waals surface area contributed by atoms with Gasteiger partial charge in [-0.1, -0.05) is 55.0 Å². The summed E-state index contributed by atoms with van der Waals surface area (Å²) in [6, 6.07) is 0. The van der Waals surface area contributed by atoms with E-state index in [0.717, 1.165) is 22.4 Å². The van der Waals surface area contributed by atoms with Crippen molar-refractivity contribution in [3.8, 4) is 0 Å². The monoisotopic (exact) mass is 342 g/mol. The van der Waals surface area contributed by atoms with Gasteiger partial charge in [-0.3, -0.25) is 14.9 Å². The third-order valence-electron chi connectivity index (χ3n) is 4.06. The standard InChI is InChI=1S/C13H15ClN4O3S/c14-11-10(18(20)21)12(19)17-13(15-11)22-9(16-17)7-6-8-4-2-1-3-5-8/h8H,1-7H2. The highest BCUT2D eigenvalue weighted by Crippen LogP contribution is 2.28. The predicted octanol–water partition coefficient (Wildman–Crippen LogP) is 3.23. The van der Waals surface area contributed by atoms with Gasteiger partial charge in [0.05, 0.1) is 4.92 Å². The van der Waals surface area contributed by atoms with E-state index in [2.05, 4.69) is 10.1 Å². The Morgan fingerprint density at radius 2 is 2.09 bits per heavy atom. The second-order valence-corrected chi connectivity index (χ2v) is 6.94. The van der Waals surface area contributed by atoms with Gasteiger partial charge >= 0.3 is 11.2 Å². The number of halogens is 1. The topological polar surface area (TPSA) is 90.4 Å². The van der Waals surface area contributed by atoms with E-state index in [1.165, 1.54) is 43.4 Å². The molecule has 7 nitrogen and oxygen atoms in total. The Morgan fingerprint density at radius 1 is 1.36 bits per heavy atom. The largest absolute Gasteiger partial charge is 0.372 e. The van der Waals surface area contributed by atoms with Crippen molar-refractivity contribution in [2.75, 3.05) is 0 Å². The molecule has 0 unspecified atom stereocenters. The van der Waals surface area contributed by atoms with E-state index in [0.29, 0.717) is 10.9 Å². The molecule has 0 amide bonds. The molecule has 0 atom stereocenters. The molecule has 22 heavy (non-hydrogen) atoms. The van der Waals surface area contributed by atoms with Crippen molar-refractivity contribution in [3.63, 3.8) is 0 Å². The van der Waals surface area contributed by atoms with Crippen LogP contribution in [0.5, 0.6) is 0 Å². The molecule has 1 aliphatic carbocycles. The van der Waals surface area contributed by atoms with E-state index in [-0.39, 0.29) is 5.15 Å². The maximum atomic E-state index is 12.1. The predicted molar refractivity (Wildman–Crippen MR) is 83.7 cm³/mol. The first-order valence-electron chi connectivity index (χ1n) is 7.29. The van der Waals surface area contributed by atoms with Gasteiger partial charge in [0.15, 0.2) is 0 Å². The number of rotatable bonds is 4. The van der Waals surface area contributed by atoms with Crippen LogP contribution in [0.15, 0.2) is 4.79 Å². The molecule has 0 N–H and O–H groups in total. The lowest BCUT2D eigenvalue weighted by Gasteiger charge is -2.20. The molecule has 3 rings (SSSR count). The highest BCUT2D eigenvalue weighted by Gasteiger charge is 2.24. The van der Waals surface area contributed by atoms with Crippen LogP contribution in [0, 0.1) is 16.0 Å². The first-order chi connectivity index (χ1) is 10.6. The summed E-state index contributed by atoms with van der Waals surface area (Å²) < 4.78 is 0.991. The lowest BCUT2D eigenvalue weighted by atomic mass is 9.86. The second kappa shape index (κ2) is 6.29. The van der Waals surface area contributed by atoms with Crippen LogP contribution in [-0.2, 0) is 6.42 Å². The van der Waals surface area contributed by atoms with Crippen molar-refractivity contribution in [1.82, 2.24) is 14.6 Å². The molecule has 0 bridgehead atoms.